The minimum atomic E-state index is -0.489. The number of carbonyl (C=O) groups is 1. The molecule has 136 valence electrons. The molecule has 0 fully saturated rings. The molecule has 0 atom stereocenters. The molecule has 0 saturated carbocycles. The van der Waals surface area contributed by atoms with Gasteiger partial charge in [-0.2, -0.15) is 5.10 Å². The molecular weight excluding hydrogens is 368 g/mol. The maximum atomic E-state index is 11.9. The molecular formula is C19H15ClN4O3. The van der Waals surface area contributed by atoms with Crippen molar-refractivity contribution >= 4 is 40.3 Å². The molecule has 0 bridgehead atoms. The second-order valence-corrected chi connectivity index (χ2v) is 6.32. The zero-order chi connectivity index (χ0) is 19.4. The predicted octanol–water partition coefficient (Wildman–Crippen LogP) is 3.80. The zero-order valence-corrected chi connectivity index (χ0v) is 15.1. The van der Waals surface area contributed by atoms with Crippen molar-refractivity contribution in [1.29, 1.82) is 0 Å². The van der Waals surface area contributed by atoms with Crippen LogP contribution in [0.4, 0.5) is 5.69 Å². The molecule has 0 unspecified atom stereocenters. The Hall–Kier alpha value is -3.32. The van der Waals surface area contributed by atoms with Gasteiger partial charge in [-0.3, -0.25) is 14.9 Å². The smallest absolute Gasteiger partial charge is 0.269 e. The average molecular weight is 383 g/mol. The largest absolute Gasteiger partial charge is 0.273 e. The van der Waals surface area contributed by atoms with E-state index in [-0.39, 0.29) is 18.0 Å². The lowest BCUT2D eigenvalue weighted by atomic mass is 10.1. The Labute approximate surface area is 159 Å². The Morgan fingerprint density at radius 1 is 1.26 bits per heavy atom. The minimum Gasteiger partial charge on any atom is -0.273 e. The number of carbonyl (C=O) groups excluding carboxylic acids is 1. The van der Waals surface area contributed by atoms with Crippen molar-refractivity contribution in [2.24, 2.45) is 5.10 Å². The van der Waals surface area contributed by atoms with Crippen LogP contribution in [-0.2, 0) is 11.2 Å². The number of nitrogens with zero attached hydrogens (tertiary/aromatic N) is 3. The number of nitro benzene ring substituents is 1. The Bertz CT molecular complexity index is 1050. The van der Waals surface area contributed by atoms with Crippen LogP contribution in [0.5, 0.6) is 0 Å². The molecule has 1 heterocycles. The van der Waals surface area contributed by atoms with Crippen LogP contribution in [0.25, 0.3) is 10.9 Å². The van der Waals surface area contributed by atoms with E-state index < -0.39 is 4.92 Å². The lowest BCUT2D eigenvalue weighted by Crippen LogP contribution is -2.19. The van der Waals surface area contributed by atoms with Gasteiger partial charge >= 0.3 is 0 Å². The summed E-state index contributed by atoms with van der Waals surface area (Å²) in [4.78, 5) is 26.4. The number of fused-ring (bicyclic) bond motifs is 1. The molecule has 0 radical (unpaired) electrons. The predicted molar refractivity (Wildman–Crippen MR) is 104 cm³/mol. The number of pyridine rings is 1. The van der Waals surface area contributed by atoms with Gasteiger partial charge in [0.1, 0.15) is 5.15 Å². The molecule has 0 aliphatic rings. The molecule has 3 aromatic rings. The van der Waals surface area contributed by atoms with Crippen molar-refractivity contribution in [3.63, 3.8) is 0 Å². The van der Waals surface area contributed by atoms with E-state index in [1.807, 2.05) is 31.2 Å². The number of nitrogens with one attached hydrogen (secondary N) is 1. The Kier molecular flexibility index (Phi) is 5.42. The summed E-state index contributed by atoms with van der Waals surface area (Å²) in [5.41, 5.74) is 5.50. The lowest BCUT2D eigenvalue weighted by molar-refractivity contribution is -0.384. The van der Waals surface area contributed by atoms with E-state index in [9.17, 15) is 14.9 Å². The number of benzene rings is 2. The maximum absolute atomic E-state index is 11.9. The van der Waals surface area contributed by atoms with E-state index in [0.29, 0.717) is 16.3 Å². The first-order valence-corrected chi connectivity index (χ1v) is 8.42. The molecule has 0 saturated heterocycles. The fourth-order valence-electron chi connectivity index (χ4n) is 2.49. The molecule has 0 aliphatic carbocycles. The number of hydrogen-bond donors (Lipinski definition) is 1. The van der Waals surface area contributed by atoms with Gasteiger partial charge in [-0.1, -0.05) is 35.9 Å². The van der Waals surface area contributed by atoms with Gasteiger partial charge in [0.2, 0.25) is 5.91 Å². The summed E-state index contributed by atoms with van der Waals surface area (Å²) in [5.74, 6) is -0.347. The molecule has 0 spiro atoms. The summed E-state index contributed by atoms with van der Waals surface area (Å²) in [6.45, 7) is 1.98. The molecule has 2 aromatic carbocycles. The first kappa shape index (κ1) is 18.5. The van der Waals surface area contributed by atoms with Crippen molar-refractivity contribution in [1.82, 2.24) is 10.4 Å². The summed E-state index contributed by atoms with van der Waals surface area (Å²) >= 11 is 6.17. The summed E-state index contributed by atoms with van der Waals surface area (Å²) < 4.78 is 0. The van der Waals surface area contributed by atoms with Gasteiger partial charge in [-0.25, -0.2) is 10.4 Å². The van der Waals surface area contributed by atoms with E-state index >= 15 is 0 Å². The van der Waals surface area contributed by atoms with Gasteiger partial charge in [-0.05, 0) is 30.2 Å². The summed E-state index contributed by atoms with van der Waals surface area (Å²) in [5, 5.41) is 15.8. The van der Waals surface area contributed by atoms with Crippen LogP contribution >= 0.6 is 11.6 Å². The van der Waals surface area contributed by atoms with Crippen molar-refractivity contribution in [2.75, 3.05) is 0 Å². The highest BCUT2D eigenvalue weighted by atomic mass is 35.5. The third kappa shape index (κ3) is 4.65. The van der Waals surface area contributed by atoms with Crippen LogP contribution < -0.4 is 5.43 Å². The summed E-state index contributed by atoms with van der Waals surface area (Å²) in [7, 11) is 0. The highest BCUT2D eigenvalue weighted by Crippen LogP contribution is 2.20. The molecule has 27 heavy (non-hydrogen) atoms. The van der Waals surface area contributed by atoms with E-state index in [1.54, 1.807) is 0 Å². The maximum Gasteiger partial charge on any atom is 0.269 e. The highest BCUT2D eigenvalue weighted by Gasteiger charge is 2.07. The molecule has 7 nitrogen and oxygen atoms in total. The van der Waals surface area contributed by atoms with Crippen LogP contribution in [0, 0.1) is 17.0 Å². The van der Waals surface area contributed by atoms with Gasteiger partial charge in [0.05, 0.1) is 23.1 Å². The molecule has 1 amide bonds. The lowest BCUT2D eigenvalue weighted by Gasteiger charge is -2.03. The Balaban J connectivity index is 1.65. The van der Waals surface area contributed by atoms with Gasteiger partial charge in [0.15, 0.2) is 0 Å². The van der Waals surface area contributed by atoms with Gasteiger partial charge in [0.25, 0.3) is 5.69 Å². The zero-order valence-electron chi connectivity index (χ0n) is 14.3. The van der Waals surface area contributed by atoms with Crippen LogP contribution in [0.15, 0.2) is 53.6 Å². The Morgan fingerprint density at radius 2 is 2.00 bits per heavy atom. The fourth-order valence-corrected chi connectivity index (χ4v) is 2.69. The van der Waals surface area contributed by atoms with Gasteiger partial charge < -0.3 is 0 Å². The van der Waals surface area contributed by atoms with Crippen LogP contribution in [0.2, 0.25) is 5.15 Å². The van der Waals surface area contributed by atoms with Crippen molar-refractivity contribution in [3.05, 3.63) is 80.5 Å². The topological polar surface area (TPSA) is 97.5 Å². The molecule has 1 N–H and O–H groups in total. The monoisotopic (exact) mass is 382 g/mol. The highest BCUT2D eigenvalue weighted by molar-refractivity contribution is 6.32. The van der Waals surface area contributed by atoms with Crippen LogP contribution in [0.3, 0.4) is 0 Å². The summed E-state index contributed by atoms with van der Waals surface area (Å²) in [6, 6.07) is 13.5. The standard InChI is InChI=1S/C19H15ClN4O3/c1-12-2-5-14-10-15(19(20)22-17(14)8-12)11-21-23-18(25)9-13-3-6-16(7-4-13)24(26)27/h2-8,10-11H,9H2,1H3,(H,23,25). The number of rotatable bonds is 5. The van der Waals surface area contributed by atoms with Gasteiger partial charge in [-0.15, -0.1) is 0 Å². The van der Waals surface area contributed by atoms with Gasteiger partial charge in [0, 0.05) is 23.1 Å². The molecule has 8 heteroatoms. The Morgan fingerprint density at radius 3 is 2.70 bits per heavy atom. The van der Waals surface area contributed by atoms with Crippen LogP contribution in [-0.4, -0.2) is 22.0 Å². The van der Waals surface area contributed by atoms with Crippen molar-refractivity contribution < 1.29 is 9.72 Å². The third-order valence-corrected chi connectivity index (χ3v) is 4.16. The molecule has 0 aliphatic heterocycles. The number of hydrogen-bond acceptors (Lipinski definition) is 5. The van der Waals surface area contributed by atoms with Crippen LogP contribution in [0.1, 0.15) is 16.7 Å². The van der Waals surface area contributed by atoms with E-state index in [1.165, 1.54) is 30.5 Å². The minimum absolute atomic E-state index is 0.0224. The first-order chi connectivity index (χ1) is 12.9. The second-order valence-electron chi connectivity index (χ2n) is 5.96. The number of aromatic nitrogens is 1. The quantitative estimate of drug-likeness (QED) is 0.314. The van der Waals surface area contributed by atoms with E-state index in [4.69, 9.17) is 11.6 Å². The summed E-state index contributed by atoms with van der Waals surface area (Å²) in [6.07, 6.45) is 1.49. The second kappa shape index (κ2) is 7.92. The SMILES string of the molecule is Cc1ccc2cc(C=NNC(=O)Cc3ccc([N+](=O)[O-])cc3)c(Cl)nc2c1. The third-order valence-electron chi connectivity index (χ3n) is 3.86. The number of aryl methyl sites for hydroxylation is 1. The van der Waals surface area contributed by atoms with Crippen molar-refractivity contribution in [2.45, 2.75) is 13.3 Å². The average Bonchev–Trinajstić information content (AvgIpc) is 2.62. The number of halogens is 1. The number of nitro groups is 1. The number of non-ortho nitro benzene ring substituents is 1. The number of hydrazone groups is 1. The molecule has 1 aromatic heterocycles. The van der Waals surface area contributed by atoms with E-state index in [2.05, 4.69) is 15.5 Å². The number of amides is 1. The van der Waals surface area contributed by atoms with E-state index in [0.717, 1.165) is 16.5 Å². The normalized spacial score (nSPS) is 11.0. The molecule has 3 rings (SSSR count). The fraction of sp³-hybridized carbons (Fsp3) is 0.105. The first-order valence-electron chi connectivity index (χ1n) is 8.04. The van der Waals surface area contributed by atoms with Crippen molar-refractivity contribution in [3.8, 4) is 0 Å².